The molecule has 34 heavy (non-hydrogen) atoms. The lowest BCUT2D eigenvalue weighted by Gasteiger charge is -2.35. The second kappa shape index (κ2) is 8.78. The fourth-order valence-corrected chi connectivity index (χ4v) is 5.23. The molecule has 0 aromatic heterocycles. The lowest BCUT2D eigenvalue weighted by molar-refractivity contribution is -0.132. The van der Waals surface area contributed by atoms with Crippen LogP contribution in [-0.4, -0.2) is 41.9 Å². The number of amides is 4. The molecular formula is C26H24N2O6. The molecule has 4 amide bonds. The number of carbonyl (C=O) groups is 4. The van der Waals surface area contributed by atoms with Crippen molar-refractivity contribution in [1.82, 2.24) is 10.2 Å². The van der Waals surface area contributed by atoms with Crippen LogP contribution in [0.5, 0.6) is 11.5 Å². The summed E-state index contributed by atoms with van der Waals surface area (Å²) in [7, 11) is 1.53. The van der Waals surface area contributed by atoms with Crippen molar-refractivity contribution >= 4 is 29.9 Å². The summed E-state index contributed by atoms with van der Waals surface area (Å²) in [4.78, 5) is 52.3. The minimum absolute atomic E-state index is 0.157. The molecule has 1 aliphatic heterocycles. The van der Waals surface area contributed by atoms with Gasteiger partial charge >= 0.3 is 12.0 Å². The number of esters is 1. The van der Waals surface area contributed by atoms with Crippen LogP contribution < -0.4 is 14.8 Å². The van der Waals surface area contributed by atoms with Gasteiger partial charge in [-0.3, -0.25) is 19.8 Å². The van der Waals surface area contributed by atoms with Gasteiger partial charge in [0.2, 0.25) is 0 Å². The number of hydrogen-bond acceptors (Lipinski definition) is 6. The molecule has 0 spiro atoms. The number of rotatable bonds is 5. The van der Waals surface area contributed by atoms with Gasteiger partial charge in [-0.15, -0.1) is 0 Å². The molecule has 1 N–H and O–H groups in total. The van der Waals surface area contributed by atoms with Crippen LogP contribution in [0, 0.1) is 11.8 Å². The average molecular weight is 460 g/mol. The van der Waals surface area contributed by atoms with Gasteiger partial charge in [-0.05, 0) is 67.5 Å². The topological polar surface area (TPSA) is 102 Å². The number of para-hydroxylation sites is 1. The number of barbiturate groups is 1. The summed E-state index contributed by atoms with van der Waals surface area (Å²) < 4.78 is 10.7. The first-order valence-corrected chi connectivity index (χ1v) is 11.3. The number of imide groups is 2. The number of fused-ring (bicyclic) bond motifs is 2. The monoisotopic (exact) mass is 460 g/mol. The van der Waals surface area contributed by atoms with Crippen LogP contribution in [0.15, 0.2) is 54.1 Å². The normalized spacial score (nSPS) is 25.0. The molecule has 2 aliphatic carbocycles. The predicted octanol–water partition coefficient (Wildman–Crippen LogP) is 3.56. The van der Waals surface area contributed by atoms with E-state index in [0.717, 1.165) is 25.7 Å². The molecule has 3 aliphatic rings. The standard InChI is InChI=1S/C26H24N2O6/c1-33-19-10-8-16(9-11-19)25(31)34-22-5-3-2-4-18(22)14-20-23(29)27-26(32)28(24(20)30)21-13-15-6-7-17(21)12-15/h2-5,8-11,14-15,17,21H,6-7,12-13H2,1H3,(H,27,29,32)/b20-14-/t15-,17-,21-/m0/s1. The molecule has 2 bridgehead atoms. The second-order valence-electron chi connectivity index (χ2n) is 8.89. The molecule has 1 saturated heterocycles. The maximum Gasteiger partial charge on any atom is 0.343 e. The van der Waals surface area contributed by atoms with E-state index in [0.29, 0.717) is 22.8 Å². The van der Waals surface area contributed by atoms with E-state index in [-0.39, 0.29) is 23.3 Å². The molecule has 5 rings (SSSR count). The van der Waals surface area contributed by atoms with Crippen molar-refractivity contribution in [3.8, 4) is 11.5 Å². The van der Waals surface area contributed by atoms with Crippen molar-refractivity contribution < 1.29 is 28.7 Å². The van der Waals surface area contributed by atoms with Crippen LogP contribution in [0.4, 0.5) is 4.79 Å². The molecule has 3 fully saturated rings. The number of carbonyl (C=O) groups excluding carboxylic acids is 4. The van der Waals surface area contributed by atoms with E-state index in [1.54, 1.807) is 48.5 Å². The van der Waals surface area contributed by atoms with Crippen LogP contribution >= 0.6 is 0 Å². The van der Waals surface area contributed by atoms with Crippen LogP contribution in [0.1, 0.15) is 41.6 Å². The Balaban J connectivity index is 1.41. The Morgan fingerprint density at radius 2 is 1.79 bits per heavy atom. The minimum atomic E-state index is -0.759. The SMILES string of the molecule is COc1ccc(C(=O)Oc2ccccc2/C=C2/C(=O)NC(=O)N([C@H]3C[C@H]4CC[C@H]3C4)C2=O)cc1. The summed E-state index contributed by atoms with van der Waals surface area (Å²) in [5.41, 5.74) is 0.545. The Morgan fingerprint density at radius 3 is 2.47 bits per heavy atom. The number of methoxy groups -OCH3 is 1. The van der Waals surface area contributed by atoms with Gasteiger partial charge in [0.05, 0.1) is 12.7 Å². The first-order valence-electron chi connectivity index (χ1n) is 11.3. The minimum Gasteiger partial charge on any atom is -0.497 e. The lowest BCUT2D eigenvalue weighted by atomic mass is 9.93. The zero-order valence-corrected chi connectivity index (χ0v) is 18.7. The van der Waals surface area contributed by atoms with Crippen molar-refractivity contribution in [3.63, 3.8) is 0 Å². The van der Waals surface area contributed by atoms with Crippen LogP contribution in [0.2, 0.25) is 0 Å². The molecule has 0 unspecified atom stereocenters. The largest absolute Gasteiger partial charge is 0.497 e. The molecule has 1 heterocycles. The van der Waals surface area contributed by atoms with E-state index in [1.807, 2.05) is 0 Å². The number of nitrogens with zero attached hydrogens (tertiary/aromatic N) is 1. The van der Waals surface area contributed by atoms with Crippen LogP contribution in [0.25, 0.3) is 6.08 Å². The summed E-state index contributed by atoms with van der Waals surface area (Å²) >= 11 is 0. The number of nitrogens with one attached hydrogen (secondary N) is 1. The summed E-state index contributed by atoms with van der Waals surface area (Å²) in [5.74, 6) is -0.344. The Hall–Kier alpha value is -3.94. The summed E-state index contributed by atoms with van der Waals surface area (Å²) in [6.45, 7) is 0. The first kappa shape index (κ1) is 21.9. The van der Waals surface area contributed by atoms with Gasteiger partial charge in [-0.25, -0.2) is 9.59 Å². The van der Waals surface area contributed by atoms with E-state index in [4.69, 9.17) is 9.47 Å². The number of benzene rings is 2. The van der Waals surface area contributed by atoms with Gasteiger partial charge in [0.1, 0.15) is 17.1 Å². The highest BCUT2D eigenvalue weighted by molar-refractivity contribution is 6.31. The van der Waals surface area contributed by atoms with Gasteiger partial charge in [0.25, 0.3) is 11.8 Å². The van der Waals surface area contributed by atoms with Gasteiger partial charge in [-0.1, -0.05) is 24.6 Å². The van der Waals surface area contributed by atoms with Gasteiger partial charge in [0.15, 0.2) is 0 Å². The molecule has 2 saturated carbocycles. The van der Waals surface area contributed by atoms with Gasteiger partial charge in [0, 0.05) is 11.6 Å². The van der Waals surface area contributed by atoms with Crippen LogP contribution in [-0.2, 0) is 9.59 Å². The molecule has 174 valence electrons. The molecule has 2 aromatic rings. The summed E-state index contributed by atoms with van der Waals surface area (Å²) in [6.07, 6.45) is 5.28. The van der Waals surface area contributed by atoms with E-state index in [9.17, 15) is 19.2 Å². The van der Waals surface area contributed by atoms with Crippen LogP contribution in [0.3, 0.4) is 0 Å². The zero-order chi connectivity index (χ0) is 23.8. The number of hydrogen-bond donors (Lipinski definition) is 1. The lowest BCUT2D eigenvalue weighted by Crippen LogP contribution is -2.58. The average Bonchev–Trinajstić information content (AvgIpc) is 3.46. The van der Waals surface area contributed by atoms with E-state index >= 15 is 0 Å². The maximum atomic E-state index is 13.3. The smallest absolute Gasteiger partial charge is 0.343 e. The van der Waals surface area contributed by atoms with Gasteiger partial charge < -0.3 is 9.47 Å². The fraction of sp³-hybridized carbons (Fsp3) is 0.308. The predicted molar refractivity (Wildman–Crippen MR) is 122 cm³/mol. The van der Waals surface area contributed by atoms with Crippen molar-refractivity contribution in [1.29, 1.82) is 0 Å². The van der Waals surface area contributed by atoms with E-state index in [2.05, 4.69) is 5.32 Å². The summed E-state index contributed by atoms with van der Waals surface area (Å²) in [5, 5.41) is 2.30. The highest BCUT2D eigenvalue weighted by atomic mass is 16.5. The molecule has 3 atom stereocenters. The highest BCUT2D eigenvalue weighted by Crippen LogP contribution is 2.47. The third-order valence-electron chi connectivity index (χ3n) is 6.91. The molecule has 0 radical (unpaired) electrons. The fourth-order valence-electron chi connectivity index (χ4n) is 5.23. The Kier molecular flexibility index (Phi) is 5.65. The molecule has 8 heteroatoms. The number of ether oxygens (including phenoxy) is 2. The third-order valence-corrected chi connectivity index (χ3v) is 6.91. The quantitative estimate of drug-likeness (QED) is 0.317. The Labute approximate surface area is 196 Å². The van der Waals surface area contributed by atoms with E-state index in [1.165, 1.54) is 18.1 Å². The Morgan fingerprint density at radius 1 is 1.03 bits per heavy atom. The summed E-state index contributed by atoms with van der Waals surface area (Å²) in [6, 6.07) is 12.2. The molecule has 8 nitrogen and oxygen atoms in total. The zero-order valence-electron chi connectivity index (χ0n) is 18.7. The Bertz CT molecular complexity index is 1200. The third kappa shape index (κ3) is 3.96. The van der Waals surface area contributed by atoms with E-state index < -0.39 is 23.8 Å². The highest BCUT2D eigenvalue weighted by Gasteiger charge is 2.49. The molecule has 2 aromatic carbocycles. The first-order chi connectivity index (χ1) is 16.4. The second-order valence-corrected chi connectivity index (χ2v) is 8.89. The van der Waals surface area contributed by atoms with Crippen molar-refractivity contribution in [2.24, 2.45) is 11.8 Å². The maximum absolute atomic E-state index is 13.3. The van der Waals surface area contributed by atoms with Crippen molar-refractivity contribution in [2.75, 3.05) is 7.11 Å². The molecular weight excluding hydrogens is 436 g/mol. The number of urea groups is 1. The van der Waals surface area contributed by atoms with Crippen molar-refractivity contribution in [2.45, 2.75) is 31.7 Å². The van der Waals surface area contributed by atoms with Gasteiger partial charge in [-0.2, -0.15) is 0 Å². The van der Waals surface area contributed by atoms with Crippen molar-refractivity contribution in [3.05, 3.63) is 65.2 Å².